The van der Waals surface area contributed by atoms with Gasteiger partial charge in [0.05, 0.1) is 6.61 Å². The SMILES string of the molecule is CCOC(=O)Oc1ccc(C(=O)NCc2ccc(NC(=O)CNC(=O)OC(C)(C)C)cc2)cc1. The van der Waals surface area contributed by atoms with Gasteiger partial charge in [-0.1, -0.05) is 12.1 Å². The lowest BCUT2D eigenvalue weighted by Crippen LogP contribution is -2.37. The highest BCUT2D eigenvalue weighted by atomic mass is 16.7. The molecule has 2 rings (SSSR count). The molecular weight excluding hydrogens is 442 g/mol. The van der Waals surface area contributed by atoms with Crippen LogP contribution >= 0.6 is 0 Å². The molecule has 0 heterocycles. The largest absolute Gasteiger partial charge is 0.513 e. The fraction of sp³-hybridized carbons (Fsp3) is 0.333. The van der Waals surface area contributed by atoms with Crippen LogP contribution in [0.3, 0.4) is 0 Å². The van der Waals surface area contributed by atoms with Crippen molar-refractivity contribution in [3.05, 3.63) is 59.7 Å². The van der Waals surface area contributed by atoms with Crippen LogP contribution in [-0.4, -0.2) is 42.8 Å². The van der Waals surface area contributed by atoms with Gasteiger partial charge in [0.2, 0.25) is 5.91 Å². The molecule has 3 amide bonds. The number of carbonyl (C=O) groups excluding carboxylic acids is 4. The molecule has 0 saturated carbocycles. The summed E-state index contributed by atoms with van der Waals surface area (Å²) in [5, 5.41) is 7.84. The third-order valence-electron chi connectivity index (χ3n) is 4.06. The zero-order chi connectivity index (χ0) is 25.1. The minimum Gasteiger partial charge on any atom is -0.444 e. The minimum absolute atomic E-state index is 0.206. The number of alkyl carbamates (subject to hydrolysis) is 1. The van der Waals surface area contributed by atoms with Gasteiger partial charge >= 0.3 is 12.2 Å². The van der Waals surface area contributed by atoms with Crippen molar-refractivity contribution in [2.75, 3.05) is 18.5 Å². The molecule has 2 aromatic rings. The monoisotopic (exact) mass is 471 g/mol. The molecule has 0 spiro atoms. The predicted molar refractivity (Wildman–Crippen MR) is 125 cm³/mol. The van der Waals surface area contributed by atoms with Gasteiger partial charge in [-0.25, -0.2) is 9.59 Å². The van der Waals surface area contributed by atoms with Gasteiger partial charge in [0.15, 0.2) is 0 Å². The van der Waals surface area contributed by atoms with E-state index >= 15 is 0 Å². The van der Waals surface area contributed by atoms with Crippen LogP contribution < -0.4 is 20.7 Å². The van der Waals surface area contributed by atoms with Gasteiger partial charge in [-0.05, 0) is 69.7 Å². The van der Waals surface area contributed by atoms with Crippen molar-refractivity contribution in [2.24, 2.45) is 0 Å². The minimum atomic E-state index is -0.807. The van der Waals surface area contributed by atoms with Crippen molar-refractivity contribution in [2.45, 2.75) is 39.8 Å². The lowest BCUT2D eigenvalue weighted by atomic mass is 10.1. The van der Waals surface area contributed by atoms with E-state index in [2.05, 4.69) is 16.0 Å². The van der Waals surface area contributed by atoms with Gasteiger partial charge in [-0.2, -0.15) is 0 Å². The maximum Gasteiger partial charge on any atom is 0.513 e. The van der Waals surface area contributed by atoms with Crippen LogP contribution in [-0.2, 0) is 20.8 Å². The molecule has 0 aromatic heterocycles. The normalized spacial score (nSPS) is 10.6. The molecular formula is C24H29N3O7. The summed E-state index contributed by atoms with van der Waals surface area (Å²) in [7, 11) is 0. The molecule has 0 fully saturated rings. The summed E-state index contributed by atoms with van der Waals surface area (Å²) in [4.78, 5) is 47.2. The zero-order valence-electron chi connectivity index (χ0n) is 19.6. The number of amides is 3. The van der Waals surface area contributed by atoms with Gasteiger partial charge in [0.25, 0.3) is 5.91 Å². The number of ether oxygens (including phenoxy) is 3. The second-order valence-electron chi connectivity index (χ2n) is 8.09. The second kappa shape index (κ2) is 12.2. The van der Waals surface area contributed by atoms with E-state index < -0.39 is 23.8 Å². The summed E-state index contributed by atoms with van der Waals surface area (Å²) < 4.78 is 14.7. The molecule has 0 atom stereocenters. The molecule has 182 valence electrons. The molecule has 0 radical (unpaired) electrons. The zero-order valence-corrected chi connectivity index (χ0v) is 19.6. The fourth-order valence-electron chi connectivity index (χ4n) is 2.58. The first-order chi connectivity index (χ1) is 16.1. The molecule has 0 aliphatic heterocycles. The quantitative estimate of drug-likeness (QED) is 0.396. The van der Waals surface area contributed by atoms with Crippen molar-refractivity contribution in [3.63, 3.8) is 0 Å². The Hall–Kier alpha value is -4.08. The highest BCUT2D eigenvalue weighted by molar-refractivity contribution is 5.94. The number of rotatable bonds is 8. The number of nitrogens with one attached hydrogen (secondary N) is 3. The number of carbonyl (C=O) groups is 4. The van der Waals surface area contributed by atoms with Crippen LogP contribution in [0.5, 0.6) is 5.75 Å². The van der Waals surface area contributed by atoms with Crippen LogP contribution in [0.2, 0.25) is 0 Å². The first-order valence-corrected chi connectivity index (χ1v) is 10.6. The number of hydrogen-bond donors (Lipinski definition) is 3. The second-order valence-corrected chi connectivity index (χ2v) is 8.09. The summed E-state index contributed by atoms with van der Waals surface area (Å²) in [6.45, 7) is 7.12. The predicted octanol–water partition coefficient (Wildman–Crippen LogP) is 3.62. The lowest BCUT2D eigenvalue weighted by Gasteiger charge is -2.19. The highest BCUT2D eigenvalue weighted by Gasteiger charge is 2.16. The Morgan fingerprint density at radius 1 is 0.882 bits per heavy atom. The van der Waals surface area contributed by atoms with Crippen molar-refractivity contribution in [1.29, 1.82) is 0 Å². The van der Waals surface area contributed by atoms with Crippen LogP contribution in [0.4, 0.5) is 15.3 Å². The topological polar surface area (TPSA) is 132 Å². The van der Waals surface area contributed by atoms with Crippen LogP contribution in [0.1, 0.15) is 43.6 Å². The first kappa shape index (κ1) is 26.2. The summed E-state index contributed by atoms with van der Waals surface area (Å²) >= 11 is 0. The van der Waals surface area contributed by atoms with Crippen LogP contribution in [0.15, 0.2) is 48.5 Å². The van der Waals surface area contributed by atoms with E-state index in [9.17, 15) is 19.2 Å². The molecule has 0 aliphatic carbocycles. The first-order valence-electron chi connectivity index (χ1n) is 10.6. The van der Waals surface area contributed by atoms with Gasteiger partial charge in [0, 0.05) is 17.8 Å². The maximum absolute atomic E-state index is 12.3. The van der Waals surface area contributed by atoms with E-state index in [0.29, 0.717) is 11.3 Å². The van der Waals surface area contributed by atoms with Crippen molar-refractivity contribution in [3.8, 4) is 5.75 Å². The Morgan fingerprint density at radius 2 is 1.53 bits per heavy atom. The Labute approximate surface area is 198 Å². The van der Waals surface area contributed by atoms with E-state index in [-0.39, 0.29) is 31.4 Å². The lowest BCUT2D eigenvalue weighted by molar-refractivity contribution is -0.115. The molecule has 10 nitrogen and oxygen atoms in total. The highest BCUT2D eigenvalue weighted by Crippen LogP contribution is 2.14. The smallest absolute Gasteiger partial charge is 0.444 e. The number of hydrogen-bond acceptors (Lipinski definition) is 7. The van der Waals surface area contributed by atoms with Gasteiger partial charge in [-0.3, -0.25) is 9.59 Å². The Morgan fingerprint density at radius 3 is 2.12 bits per heavy atom. The summed E-state index contributed by atoms with van der Waals surface area (Å²) in [5.74, 6) is -0.426. The van der Waals surface area contributed by atoms with E-state index in [1.807, 2.05) is 0 Å². The Balaban J connectivity index is 1.78. The van der Waals surface area contributed by atoms with Crippen molar-refractivity contribution < 1.29 is 33.4 Å². The summed E-state index contributed by atoms with van der Waals surface area (Å²) in [6, 6.07) is 13.0. The summed E-state index contributed by atoms with van der Waals surface area (Å²) in [5.41, 5.74) is 1.12. The molecule has 2 aromatic carbocycles. The Bertz CT molecular complexity index is 997. The van der Waals surface area contributed by atoms with Crippen LogP contribution in [0.25, 0.3) is 0 Å². The van der Waals surface area contributed by atoms with E-state index in [1.165, 1.54) is 24.3 Å². The molecule has 0 unspecified atom stereocenters. The van der Waals surface area contributed by atoms with Crippen molar-refractivity contribution in [1.82, 2.24) is 10.6 Å². The van der Waals surface area contributed by atoms with E-state index in [0.717, 1.165) is 5.56 Å². The number of anilines is 1. The molecule has 34 heavy (non-hydrogen) atoms. The molecule has 0 aliphatic rings. The molecule has 3 N–H and O–H groups in total. The van der Waals surface area contributed by atoms with Gasteiger partial charge in [-0.15, -0.1) is 0 Å². The van der Waals surface area contributed by atoms with Crippen LogP contribution in [0, 0.1) is 0 Å². The van der Waals surface area contributed by atoms with E-state index in [4.69, 9.17) is 14.2 Å². The van der Waals surface area contributed by atoms with E-state index in [1.54, 1.807) is 52.0 Å². The standard InChI is InChI=1S/C24H29N3O7/c1-5-32-23(31)33-19-12-8-17(9-13-19)21(29)25-14-16-6-10-18(11-7-16)27-20(28)15-26-22(30)34-24(2,3)4/h6-13H,5,14-15H2,1-4H3,(H,25,29)(H,26,30)(H,27,28). The fourth-order valence-corrected chi connectivity index (χ4v) is 2.58. The van der Waals surface area contributed by atoms with Gasteiger partial charge in [0.1, 0.15) is 17.9 Å². The molecule has 0 saturated heterocycles. The average molecular weight is 472 g/mol. The van der Waals surface area contributed by atoms with Gasteiger partial charge < -0.3 is 30.2 Å². The summed E-state index contributed by atoms with van der Waals surface area (Å²) in [6.07, 6.45) is -1.48. The molecule has 10 heteroatoms. The third kappa shape index (κ3) is 9.60. The molecule has 0 bridgehead atoms. The number of benzene rings is 2. The Kier molecular flexibility index (Phi) is 9.42. The average Bonchev–Trinajstić information content (AvgIpc) is 2.76. The maximum atomic E-state index is 12.3. The van der Waals surface area contributed by atoms with Crippen molar-refractivity contribution >= 4 is 29.8 Å². The third-order valence-corrected chi connectivity index (χ3v) is 4.06.